The zero-order valence-electron chi connectivity index (χ0n) is 12.3. The van der Waals surface area contributed by atoms with Gasteiger partial charge in [-0.2, -0.15) is 0 Å². The third-order valence-corrected chi connectivity index (χ3v) is 4.00. The van der Waals surface area contributed by atoms with Gasteiger partial charge >= 0.3 is 0 Å². The maximum absolute atomic E-state index is 4.32. The first-order chi connectivity index (χ1) is 10.3. The van der Waals surface area contributed by atoms with Crippen LogP contribution < -0.4 is 10.2 Å². The average molecular weight is 283 g/mol. The Kier molecular flexibility index (Phi) is 4.40. The van der Waals surface area contributed by atoms with E-state index < -0.39 is 0 Å². The van der Waals surface area contributed by atoms with Crippen molar-refractivity contribution in [1.82, 2.24) is 20.3 Å². The minimum Gasteiger partial charge on any atom is -0.341 e. The summed E-state index contributed by atoms with van der Waals surface area (Å²) in [6, 6.07) is 6.84. The molecule has 2 aromatic rings. The summed E-state index contributed by atoms with van der Waals surface area (Å²) in [5, 5.41) is 3.70. The summed E-state index contributed by atoms with van der Waals surface area (Å²) in [6.07, 6.45) is 9.58. The Morgan fingerprint density at radius 2 is 1.90 bits per heavy atom. The highest BCUT2D eigenvalue weighted by Crippen LogP contribution is 2.18. The molecule has 0 amide bonds. The highest BCUT2D eigenvalue weighted by Gasteiger charge is 2.22. The second-order valence-corrected chi connectivity index (χ2v) is 5.48. The summed E-state index contributed by atoms with van der Waals surface area (Å²) >= 11 is 0. The molecular weight excluding hydrogens is 262 g/mol. The lowest BCUT2D eigenvalue weighted by molar-refractivity contribution is 0.378. The van der Waals surface area contributed by atoms with E-state index in [4.69, 9.17) is 0 Å². The lowest BCUT2D eigenvalue weighted by Crippen LogP contribution is -2.43. The fraction of sp³-hybridized carbons (Fsp3) is 0.438. The van der Waals surface area contributed by atoms with Gasteiger partial charge in [-0.3, -0.25) is 4.98 Å². The molecule has 0 aliphatic carbocycles. The Labute approximate surface area is 125 Å². The zero-order chi connectivity index (χ0) is 14.5. The smallest absolute Gasteiger partial charge is 0.225 e. The van der Waals surface area contributed by atoms with Crippen LogP contribution in [-0.4, -0.2) is 34.1 Å². The van der Waals surface area contributed by atoms with Crippen LogP contribution in [0.25, 0.3) is 0 Å². The molecule has 1 fully saturated rings. The second-order valence-electron chi connectivity index (χ2n) is 5.48. The Balaban J connectivity index is 1.52. The monoisotopic (exact) mass is 283 g/mol. The van der Waals surface area contributed by atoms with Crippen LogP contribution in [0.1, 0.15) is 31.4 Å². The Bertz CT molecular complexity index is 537. The number of nitrogens with zero attached hydrogens (tertiary/aromatic N) is 4. The van der Waals surface area contributed by atoms with Crippen molar-refractivity contribution in [3.63, 3.8) is 0 Å². The van der Waals surface area contributed by atoms with E-state index >= 15 is 0 Å². The van der Waals surface area contributed by atoms with Gasteiger partial charge in [-0.15, -0.1) is 0 Å². The molecule has 0 spiro atoms. The summed E-state index contributed by atoms with van der Waals surface area (Å²) < 4.78 is 0. The Morgan fingerprint density at radius 3 is 2.57 bits per heavy atom. The molecule has 1 unspecified atom stereocenters. The highest BCUT2D eigenvalue weighted by atomic mass is 15.3. The van der Waals surface area contributed by atoms with Crippen molar-refractivity contribution in [1.29, 1.82) is 0 Å². The van der Waals surface area contributed by atoms with Crippen molar-refractivity contribution < 1.29 is 0 Å². The van der Waals surface area contributed by atoms with Gasteiger partial charge in [0.05, 0.1) is 0 Å². The summed E-state index contributed by atoms with van der Waals surface area (Å²) in [5.41, 5.74) is 1.24. The molecule has 2 aromatic heterocycles. The summed E-state index contributed by atoms with van der Waals surface area (Å²) in [5.74, 6) is 0.844. The molecule has 1 aliphatic heterocycles. The van der Waals surface area contributed by atoms with Crippen LogP contribution in [0, 0.1) is 0 Å². The van der Waals surface area contributed by atoms with Gasteiger partial charge < -0.3 is 10.2 Å². The molecule has 3 rings (SSSR count). The molecule has 0 bridgehead atoms. The molecule has 1 aliphatic rings. The normalized spacial score (nSPS) is 17.7. The third kappa shape index (κ3) is 3.55. The van der Waals surface area contributed by atoms with E-state index in [1.165, 1.54) is 5.56 Å². The molecule has 3 heterocycles. The van der Waals surface area contributed by atoms with E-state index in [1.807, 2.05) is 24.5 Å². The fourth-order valence-electron chi connectivity index (χ4n) is 2.78. The first-order valence-corrected chi connectivity index (χ1v) is 7.51. The Morgan fingerprint density at radius 1 is 1.14 bits per heavy atom. The lowest BCUT2D eigenvalue weighted by atomic mass is 10.0. The van der Waals surface area contributed by atoms with Gasteiger partial charge in [-0.1, -0.05) is 6.07 Å². The maximum Gasteiger partial charge on any atom is 0.225 e. The predicted octanol–water partition coefficient (Wildman–Crippen LogP) is 2.19. The number of hydrogen-bond acceptors (Lipinski definition) is 5. The predicted molar refractivity (Wildman–Crippen MR) is 83.1 cm³/mol. The SMILES string of the molecule is CC(NC1CCN(c2ncccn2)CC1)c1cccnc1. The van der Waals surface area contributed by atoms with E-state index in [1.54, 1.807) is 12.4 Å². The van der Waals surface area contributed by atoms with E-state index in [0.717, 1.165) is 31.9 Å². The standard InChI is InChI=1S/C16H21N5/c1-13(14-4-2-7-17-12-14)20-15-5-10-21(11-6-15)16-18-8-3-9-19-16/h2-4,7-9,12-13,15,20H,5-6,10-11H2,1H3. The quantitative estimate of drug-likeness (QED) is 0.932. The minimum absolute atomic E-state index is 0.336. The van der Waals surface area contributed by atoms with Crippen molar-refractivity contribution in [2.75, 3.05) is 18.0 Å². The lowest BCUT2D eigenvalue weighted by Gasteiger charge is -2.33. The summed E-state index contributed by atoms with van der Waals surface area (Å²) in [4.78, 5) is 15.1. The van der Waals surface area contributed by atoms with E-state index in [-0.39, 0.29) is 0 Å². The molecule has 0 radical (unpaired) electrons. The molecule has 0 aromatic carbocycles. The molecule has 0 saturated carbocycles. The van der Waals surface area contributed by atoms with Crippen LogP contribution in [-0.2, 0) is 0 Å². The fourth-order valence-corrected chi connectivity index (χ4v) is 2.78. The number of nitrogens with one attached hydrogen (secondary N) is 1. The topological polar surface area (TPSA) is 53.9 Å². The Hall–Kier alpha value is -2.01. The summed E-state index contributed by atoms with van der Waals surface area (Å²) in [6.45, 7) is 4.20. The number of pyridine rings is 1. The third-order valence-electron chi connectivity index (χ3n) is 4.00. The molecule has 1 atom stereocenters. The number of aromatic nitrogens is 3. The molecule has 1 N–H and O–H groups in total. The molecule has 21 heavy (non-hydrogen) atoms. The number of anilines is 1. The average Bonchev–Trinajstić information content (AvgIpc) is 2.57. The molecule has 110 valence electrons. The van der Waals surface area contributed by atoms with E-state index in [0.29, 0.717) is 12.1 Å². The zero-order valence-corrected chi connectivity index (χ0v) is 12.3. The van der Waals surface area contributed by atoms with Crippen LogP contribution in [0.3, 0.4) is 0 Å². The van der Waals surface area contributed by atoms with Crippen LogP contribution in [0.2, 0.25) is 0 Å². The molecular formula is C16H21N5. The highest BCUT2D eigenvalue weighted by molar-refractivity contribution is 5.29. The van der Waals surface area contributed by atoms with Crippen LogP contribution in [0.15, 0.2) is 43.0 Å². The van der Waals surface area contributed by atoms with E-state index in [2.05, 4.69) is 38.2 Å². The van der Waals surface area contributed by atoms with Crippen LogP contribution >= 0.6 is 0 Å². The molecule has 5 nitrogen and oxygen atoms in total. The van der Waals surface area contributed by atoms with Gasteiger partial charge in [0, 0.05) is 50.0 Å². The maximum atomic E-state index is 4.32. The van der Waals surface area contributed by atoms with Gasteiger partial charge in [0.15, 0.2) is 0 Å². The van der Waals surface area contributed by atoms with Gasteiger partial charge in [-0.05, 0) is 37.5 Å². The van der Waals surface area contributed by atoms with Crippen molar-refractivity contribution in [2.24, 2.45) is 0 Å². The number of hydrogen-bond donors (Lipinski definition) is 1. The van der Waals surface area contributed by atoms with Crippen LogP contribution in [0.5, 0.6) is 0 Å². The summed E-state index contributed by atoms with van der Waals surface area (Å²) in [7, 11) is 0. The van der Waals surface area contributed by atoms with Gasteiger partial charge in [0.25, 0.3) is 0 Å². The first kappa shape index (κ1) is 13.9. The van der Waals surface area contributed by atoms with Crippen LogP contribution in [0.4, 0.5) is 5.95 Å². The van der Waals surface area contributed by atoms with Gasteiger partial charge in [0.1, 0.15) is 0 Å². The van der Waals surface area contributed by atoms with Crippen molar-refractivity contribution in [3.8, 4) is 0 Å². The van der Waals surface area contributed by atoms with Crippen molar-refractivity contribution >= 4 is 5.95 Å². The minimum atomic E-state index is 0.336. The van der Waals surface area contributed by atoms with Gasteiger partial charge in [0.2, 0.25) is 5.95 Å². The molecule has 1 saturated heterocycles. The number of rotatable bonds is 4. The molecule has 5 heteroatoms. The van der Waals surface area contributed by atoms with Crippen molar-refractivity contribution in [2.45, 2.75) is 31.8 Å². The van der Waals surface area contributed by atoms with E-state index in [9.17, 15) is 0 Å². The van der Waals surface area contributed by atoms with Crippen molar-refractivity contribution in [3.05, 3.63) is 48.5 Å². The largest absolute Gasteiger partial charge is 0.341 e. The number of piperidine rings is 1. The second kappa shape index (κ2) is 6.63. The first-order valence-electron chi connectivity index (χ1n) is 7.51. The van der Waals surface area contributed by atoms with Gasteiger partial charge in [-0.25, -0.2) is 9.97 Å².